The average molecular weight is 264 g/mol. The maximum absolute atomic E-state index is 6.28. The summed E-state index contributed by atoms with van der Waals surface area (Å²) in [6.07, 6.45) is 0.695. The van der Waals surface area contributed by atoms with Crippen LogP contribution in [0.2, 0.25) is 5.02 Å². The number of aryl methyl sites for hydroxylation is 3. The van der Waals surface area contributed by atoms with Gasteiger partial charge in [0.2, 0.25) is 0 Å². The highest BCUT2D eigenvalue weighted by molar-refractivity contribution is 6.31. The lowest BCUT2D eigenvalue weighted by Gasteiger charge is -2.15. The summed E-state index contributed by atoms with van der Waals surface area (Å²) in [5.74, 6) is 0. The standard InChI is InChI=1S/C14H18ClN3/c1-9-6-4-5-7-11(9)12(16)8-13-14(15)10(2)17-18(13)3/h4-7,12H,8,16H2,1-3H3. The fourth-order valence-electron chi connectivity index (χ4n) is 2.22. The van der Waals surface area contributed by atoms with Gasteiger partial charge in [-0.2, -0.15) is 5.10 Å². The quantitative estimate of drug-likeness (QED) is 0.925. The fraction of sp³-hybridized carbons (Fsp3) is 0.357. The minimum absolute atomic E-state index is 0.0569. The normalized spacial score (nSPS) is 12.7. The number of aromatic nitrogens is 2. The molecule has 0 amide bonds. The van der Waals surface area contributed by atoms with Crippen molar-refractivity contribution in [3.05, 3.63) is 51.8 Å². The molecule has 1 unspecified atom stereocenters. The van der Waals surface area contributed by atoms with Crippen LogP contribution in [0.25, 0.3) is 0 Å². The third kappa shape index (κ3) is 2.42. The second-order valence-corrected chi connectivity index (χ2v) is 5.01. The highest BCUT2D eigenvalue weighted by Crippen LogP contribution is 2.25. The van der Waals surface area contributed by atoms with Crippen LogP contribution in [0.4, 0.5) is 0 Å². The van der Waals surface area contributed by atoms with Crippen LogP contribution in [0.5, 0.6) is 0 Å². The Kier molecular flexibility index (Phi) is 3.73. The van der Waals surface area contributed by atoms with Crippen molar-refractivity contribution in [2.75, 3.05) is 0 Å². The van der Waals surface area contributed by atoms with E-state index in [0.29, 0.717) is 6.42 Å². The minimum atomic E-state index is -0.0569. The number of hydrogen-bond donors (Lipinski definition) is 1. The van der Waals surface area contributed by atoms with Crippen LogP contribution in [0.1, 0.15) is 28.6 Å². The van der Waals surface area contributed by atoms with Crippen molar-refractivity contribution in [2.24, 2.45) is 12.8 Å². The highest BCUT2D eigenvalue weighted by atomic mass is 35.5. The molecule has 0 radical (unpaired) electrons. The Morgan fingerprint density at radius 3 is 2.56 bits per heavy atom. The predicted molar refractivity (Wildman–Crippen MR) is 74.8 cm³/mol. The van der Waals surface area contributed by atoms with Gasteiger partial charge < -0.3 is 5.73 Å². The lowest BCUT2D eigenvalue weighted by Crippen LogP contribution is -2.16. The largest absolute Gasteiger partial charge is 0.324 e. The molecule has 0 aliphatic rings. The van der Waals surface area contributed by atoms with Crippen LogP contribution in [0.3, 0.4) is 0 Å². The molecule has 2 aromatic rings. The van der Waals surface area contributed by atoms with Gasteiger partial charge >= 0.3 is 0 Å². The molecule has 2 N–H and O–H groups in total. The first-order valence-electron chi connectivity index (χ1n) is 5.99. The van der Waals surface area contributed by atoms with Crippen LogP contribution in [0.15, 0.2) is 24.3 Å². The number of nitrogens with zero attached hydrogens (tertiary/aromatic N) is 2. The van der Waals surface area contributed by atoms with Crippen molar-refractivity contribution < 1.29 is 0 Å². The summed E-state index contributed by atoms with van der Waals surface area (Å²) in [5.41, 5.74) is 10.5. The molecule has 1 aromatic heterocycles. The van der Waals surface area contributed by atoms with Gasteiger partial charge in [-0.15, -0.1) is 0 Å². The summed E-state index contributed by atoms with van der Waals surface area (Å²) in [6, 6.07) is 8.12. The second-order valence-electron chi connectivity index (χ2n) is 4.64. The number of benzene rings is 1. The van der Waals surface area contributed by atoms with E-state index in [1.54, 1.807) is 0 Å². The summed E-state index contributed by atoms with van der Waals surface area (Å²) < 4.78 is 1.82. The van der Waals surface area contributed by atoms with Crippen molar-refractivity contribution in [2.45, 2.75) is 26.3 Å². The molecule has 1 aromatic carbocycles. The molecule has 1 heterocycles. The molecule has 0 fully saturated rings. The zero-order chi connectivity index (χ0) is 13.3. The second kappa shape index (κ2) is 5.12. The fourth-order valence-corrected chi connectivity index (χ4v) is 2.46. The van der Waals surface area contributed by atoms with E-state index in [2.05, 4.69) is 24.2 Å². The van der Waals surface area contributed by atoms with Crippen molar-refractivity contribution in [1.29, 1.82) is 0 Å². The lowest BCUT2D eigenvalue weighted by molar-refractivity contribution is 0.638. The van der Waals surface area contributed by atoms with E-state index in [4.69, 9.17) is 17.3 Å². The highest BCUT2D eigenvalue weighted by Gasteiger charge is 2.16. The smallest absolute Gasteiger partial charge is 0.0847 e. The van der Waals surface area contributed by atoms with Gasteiger partial charge in [0.1, 0.15) is 0 Å². The van der Waals surface area contributed by atoms with E-state index in [9.17, 15) is 0 Å². The predicted octanol–water partition coefficient (Wildman–Crippen LogP) is 2.93. The Hall–Kier alpha value is -1.32. The van der Waals surface area contributed by atoms with Gasteiger partial charge in [0.25, 0.3) is 0 Å². The number of hydrogen-bond acceptors (Lipinski definition) is 2. The molecule has 96 valence electrons. The summed E-state index contributed by atoms with van der Waals surface area (Å²) in [6.45, 7) is 3.98. The van der Waals surface area contributed by atoms with Gasteiger partial charge in [-0.05, 0) is 25.0 Å². The third-order valence-corrected chi connectivity index (χ3v) is 3.75. The van der Waals surface area contributed by atoms with Gasteiger partial charge in [0.05, 0.1) is 16.4 Å². The first-order chi connectivity index (χ1) is 8.50. The van der Waals surface area contributed by atoms with E-state index < -0.39 is 0 Å². The van der Waals surface area contributed by atoms with Crippen LogP contribution < -0.4 is 5.73 Å². The van der Waals surface area contributed by atoms with Gasteiger partial charge in [-0.1, -0.05) is 35.9 Å². The first-order valence-corrected chi connectivity index (χ1v) is 6.37. The van der Waals surface area contributed by atoms with E-state index >= 15 is 0 Å². The first kappa shape index (κ1) is 13.1. The zero-order valence-electron chi connectivity index (χ0n) is 10.9. The lowest BCUT2D eigenvalue weighted by atomic mass is 9.98. The van der Waals surface area contributed by atoms with E-state index in [0.717, 1.165) is 22.0 Å². The molecule has 3 nitrogen and oxygen atoms in total. The molecule has 0 aliphatic carbocycles. The Balaban J connectivity index is 2.27. The van der Waals surface area contributed by atoms with Crippen LogP contribution in [-0.4, -0.2) is 9.78 Å². The summed E-state index contributed by atoms with van der Waals surface area (Å²) >= 11 is 6.25. The molecule has 0 spiro atoms. The molecule has 2 rings (SSSR count). The van der Waals surface area contributed by atoms with Gasteiger partial charge in [0, 0.05) is 19.5 Å². The molecule has 1 atom stereocenters. The molecule has 0 saturated carbocycles. The summed E-state index contributed by atoms with van der Waals surface area (Å²) in [5, 5.41) is 5.03. The summed E-state index contributed by atoms with van der Waals surface area (Å²) in [7, 11) is 1.90. The number of halogens is 1. The molecule has 0 aliphatic heterocycles. The van der Waals surface area contributed by atoms with E-state index in [1.165, 1.54) is 5.56 Å². The molecular weight excluding hydrogens is 246 g/mol. The molecule has 18 heavy (non-hydrogen) atoms. The monoisotopic (exact) mass is 263 g/mol. The van der Waals surface area contributed by atoms with Gasteiger partial charge in [-0.3, -0.25) is 4.68 Å². The van der Waals surface area contributed by atoms with Gasteiger partial charge in [-0.25, -0.2) is 0 Å². The third-order valence-electron chi connectivity index (χ3n) is 3.26. The topological polar surface area (TPSA) is 43.8 Å². The van der Waals surface area contributed by atoms with Crippen molar-refractivity contribution in [3.8, 4) is 0 Å². The molecule has 0 saturated heterocycles. The Labute approximate surface area is 113 Å². The van der Waals surface area contributed by atoms with Crippen LogP contribution >= 0.6 is 11.6 Å². The Morgan fingerprint density at radius 1 is 1.33 bits per heavy atom. The molecular formula is C14H18ClN3. The number of rotatable bonds is 3. The zero-order valence-corrected chi connectivity index (χ0v) is 11.7. The maximum atomic E-state index is 6.28. The van der Waals surface area contributed by atoms with Crippen LogP contribution in [-0.2, 0) is 13.5 Å². The van der Waals surface area contributed by atoms with Gasteiger partial charge in [0.15, 0.2) is 0 Å². The van der Waals surface area contributed by atoms with Crippen LogP contribution in [0, 0.1) is 13.8 Å². The van der Waals surface area contributed by atoms with Crippen molar-refractivity contribution >= 4 is 11.6 Å². The summed E-state index contributed by atoms with van der Waals surface area (Å²) in [4.78, 5) is 0. The van der Waals surface area contributed by atoms with Crippen molar-refractivity contribution in [1.82, 2.24) is 9.78 Å². The maximum Gasteiger partial charge on any atom is 0.0847 e. The van der Waals surface area contributed by atoms with E-state index in [1.807, 2.05) is 30.8 Å². The Morgan fingerprint density at radius 2 is 2.00 bits per heavy atom. The number of nitrogens with two attached hydrogens (primary N) is 1. The average Bonchev–Trinajstić information content (AvgIpc) is 2.56. The molecule has 0 bridgehead atoms. The van der Waals surface area contributed by atoms with Crippen molar-refractivity contribution in [3.63, 3.8) is 0 Å². The van der Waals surface area contributed by atoms with E-state index in [-0.39, 0.29) is 6.04 Å². The SMILES string of the molecule is Cc1ccccc1C(N)Cc1c(Cl)c(C)nn1C. The molecule has 4 heteroatoms. The Bertz CT molecular complexity index is 560. The minimum Gasteiger partial charge on any atom is -0.324 e.